The van der Waals surface area contributed by atoms with Crippen LogP contribution in [0.25, 0.3) is 0 Å². The van der Waals surface area contributed by atoms with E-state index in [-0.39, 0.29) is 24.2 Å². The van der Waals surface area contributed by atoms with E-state index in [0.29, 0.717) is 6.42 Å². The molecular formula is C25H35FN4O4S. The van der Waals surface area contributed by atoms with Gasteiger partial charge in [-0.25, -0.2) is 8.70 Å². The average molecular weight is 507 g/mol. The van der Waals surface area contributed by atoms with Gasteiger partial charge in [0.15, 0.2) is 0 Å². The third-order valence-corrected chi connectivity index (χ3v) is 7.53. The van der Waals surface area contributed by atoms with E-state index in [2.05, 4.69) is 5.32 Å². The van der Waals surface area contributed by atoms with Gasteiger partial charge in [0.25, 0.3) is 0 Å². The molecule has 1 N–H and O–H groups in total. The van der Waals surface area contributed by atoms with E-state index in [1.807, 2.05) is 44.2 Å². The highest BCUT2D eigenvalue weighted by atomic mass is 32.2. The Morgan fingerprint density at radius 3 is 2.11 bits per heavy atom. The second-order valence-electron chi connectivity index (χ2n) is 8.50. The number of halogens is 1. The first-order valence-corrected chi connectivity index (χ1v) is 13.0. The van der Waals surface area contributed by atoms with Crippen molar-refractivity contribution in [2.45, 2.75) is 52.2 Å². The fraction of sp³-hybridized carbons (Fsp3) is 0.440. The minimum absolute atomic E-state index is 0.0886. The molecule has 0 aromatic heterocycles. The Kier molecular flexibility index (Phi) is 10.2. The summed E-state index contributed by atoms with van der Waals surface area (Å²) in [5.41, 5.74) is 0.537. The van der Waals surface area contributed by atoms with E-state index in [9.17, 15) is 22.4 Å². The first kappa shape index (κ1) is 28.3. The third kappa shape index (κ3) is 7.25. The van der Waals surface area contributed by atoms with Gasteiger partial charge in [0, 0.05) is 26.7 Å². The van der Waals surface area contributed by atoms with E-state index in [0.717, 1.165) is 26.7 Å². The van der Waals surface area contributed by atoms with Crippen molar-refractivity contribution in [1.29, 1.82) is 0 Å². The lowest BCUT2D eigenvalue weighted by Gasteiger charge is -2.34. The first-order chi connectivity index (χ1) is 16.5. The summed E-state index contributed by atoms with van der Waals surface area (Å²) >= 11 is 0. The molecule has 0 saturated carbocycles. The second-order valence-corrected chi connectivity index (χ2v) is 10.6. The zero-order chi connectivity index (χ0) is 26.2. The van der Waals surface area contributed by atoms with Crippen molar-refractivity contribution in [3.05, 3.63) is 66.0 Å². The predicted molar refractivity (Wildman–Crippen MR) is 135 cm³/mol. The maximum absolute atomic E-state index is 14.7. The lowest BCUT2D eigenvalue weighted by Crippen LogP contribution is -2.54. The van der Waals surface area contributed by atoms with E-state index in [4.69, 9.17) is 0 Å². The van der Waals surface area contributed by atoms with Gasteiger partial charge in [-0.15, -0.1) is 0 Å². The Hall–Kier alpha value is -2.98. The van der Waals surface area contributed by atoms with Gasteiger partial charge in [-0.3, -0.25) is 9.59 Å². The lowest BCUT2D eigenvalue weighted by atomic mass is 10.1. The molecular weight excluding hydrogens is 471 g/mol. The fourth-order valence-corrected chi connectivity index (χ4v) is 4.56. The van der Waals surface area contributed by atoms with Crippen LogP contribution < -0.4 is 9.62 Å². The van der Waals surface area contributed by atoms with Gasteiger partial charge in [0.2, 0.25) is 11.8 Å². The van der Waals surface area contributed by atoms with Crippen molar-refractivity contribution in [3.63, 3.8) is 0 Å². The zero-order valence-electron chi connectivity index (χ0n) is 20.9. The van der Waals surface area contributed by atoms with Gasteiger partial charge >= 0.3 is 10.2 Å². The molecule has 2 amide bonds. The third-order valence-electron chi connectivity index (χ3n) is 5.72. The molecule has 0 unspecified atom stereocenters. The Morgan fingerprint density at radius 2 is 1.57 bits per heavy atom. The van der Waals surface area contributed by atoms with Gasteiger partial charge in [0.1, 0.15) is 18.4 Å². The molecule has 0 aliphatic carbocycles. The summed E-state index contributed by atoms with van der Waals surface area (Å²) in [6.07, 6.45) is 1.04. The van der Waals surface area contributed by atoms with Gasteiger partial charge < -0.3 is 10.2 Å². The summed E-state index contributed by atoms with van der Waals surface area (Å²) in [6, 6.07) is 13.6. The lowest BCUT2D eigenvalue weighted by molar-refractivity contribution is -0.140. The molecule has 8 nitrogen and oxygen atoms in total. The summed E-state index contributed by atoms with van der Waals surface area (Å²) in [4.78, 5) is 28.1. The number of carbonyl (C=O) groups excluding carboxylic acids is 2. The van der Waals surface area contributed by atoms with Gasteiger partial charge in [-0.1, -0.05) is 56.3 Å². The van der Waals surface area contributed by atoms with Crippen LogP contribution in [0.5, 0.6) is 0 Å². The number of hydrogen-bond donors (Lipinski definition) is 1. The molecule has 10 heteroatoms. The smallest absolute Gasteiger partial charge is 0.304 e. The molecule has 0 fully saturated rings. The molecule has 0 radical (unpaired) electrons. The second kappa shape index (κ2) is 12.6. The number of rotatable bonds is 12. The van der Waals surface area contributed by atoms with Crippen LogP contribution in [0.1, 0.15) is 39.2 Å². The van der Waals surface area contributed by atoms with Gasteiger partial charge in [0.05, 0.1) is 5.69 Å². The molecule has 192 valence electrons. The molecule has 2 aromatic rings. The Balaban J connectivity index is 2.49. The number of para-hydroxylation sites is 1. The van der Waals surface area contributed by atoms with Crippen molar-refractivity contribution in [2.24, 2.45) is 0 Å². The number of carbonyl (C=O) groups is 2. The highest BCUT2D eigenvalue weighted by molar-refractivity contribution is 7.90. The van der Waals surface area contributed by atoms with E-state index in [1.165, 1.54) is 37.2 Å². The molecule has 0 bridgehead atoms. The fourth-order valence-electron chi connectivity index (χ4n) is 3.50. The molecule has 0 spiro atoms. The number of anilines is 1. The summed E-state index contributed by atoms with van der Waals surface area (Å²) in [6.45, 7) is 5.03. The highest BCUT2D eigenvalue weighted by Gasteiger charge is 2.34. The number of hydrogen-bond acceptors (Lipinski definition) is 4. The van der Waals surface area contributed by atoms with E-state index >= 15 is 0 Å². The summed E-state index contributed by atoms with van der Waals surface area (Å²) < 4.78 is 42.5. The van der Waals surface area contributed by atoms with Crippen LogP contribution in [0.4, 0.5) is 10.1 Å². The maximum atomic E-state index is 14.7. The molecule has 2 rings (SSSR count). The largest absolute Gasteiger partial charge is 0.352 e. The molecule has 0 heterocycles. The molecule has 35 heavy (non-hydrogen) atoms. The zero-order valence-corrected chi connectivity index (χ0v) is 21.8. The Labute approximate surface area is 207 Å². The van der Waals surface area contributed by atoms with Crippen molar-refractivity contribution in [2.75, 3.05) is 24.9 Å². The standard InChI is InChI=1S/C25H35FN4O4S/c1-6-19(3)27-25(32)22(7-2)29(17-20-13-9-8-10-14-20)24(31)18-30(35(33,34)28(4)5)23-16-12-11-15-21(23)26/h8-16,19,22H,6-7,17-18H2,1-5H3,(H,27,32)/t19-,22+/m0/s1. The van der Waals surface area contributed by atoms with Gasteiger partial charge in [-0.2, -0.15) is 12.7 Å². The minimum atomic E-state index is -4.21. The molecule has 0 aliphatic rings. The normalized spacial score (nSPS) is 13.2. The average Bonchev–Trinajstić information content (AvgIpc) is 2.83. The van der Waals surface area contributed by atoms with Crippen molar-refractivity contribution < 1.29 is 22.4 Å². The van der Waals surface area contributed by atoms with Crippen molar-refractivity contribution in [1.82, 2.24) is 14.5 Å². The maximum Gasteiger partial charge on any atom is 0.304 e. The minimum Gasteiger partial charge on any atom is -0.352 e. The number of nitrogens with one attached hydrogen (secondary N) is 1. The Morgan fingerprint density at radius 1 is 0.971 bits per heavy atom. The SMILES string of the molecule is CC[C@H](C(=O)N[C@@H](C)CC)N(Cc1ccccc1)C(=O)CN(c1ccccc1F)S(=O)(=O)N(C)C. The summed E-state index contributed by atoms with van der Waals surface area (Å²) in [5, 5.41) is 2.91. The molecule has 0 aliphatic heterocycles. The van der Waals surface area contributed by atoms with Crippen LogP contribution in [-0.4, -0.2) is 62.2 Å². The van der Waals surface area contributed by atoms with Crippen LogP contribution in [0.15, 0.2) is 54.6 Å². The van der Waals surface area contributed by atoms with Crippen LogP contribution in [0.2, 0.25) is 0 Å². The number of nitrogens with zero attached hydrogens (tertiary/aromatic N) is 3. The van der Waals surface area contributed by atoms with E-state index in [1.54, 1.807) is 6.92 Å². The van der Waals surface area contributed by atoms with Crippen LogP contribution in [-0.2, 0) is 26.3 Å². The van der Waals surface area contributed by atoms with E-state index < -0.39 is 34.5 Å². The van der Waals surface area contributed by atoms with Crippen molar-refractivity contribution >= 4 is 27.7 Å². The molecule has 2 atom stereocenters. The predicted octanol–water partition coefficient (Wildman–Crippen LogP) is 3.16. The monoisotopic (exact) mass is 506 g/mol. The Bertz CT molecular complexity index is 1100. The van der Waals surface area contributed by atoms with Crippen LogP contribution in [0, 0.1) is 5.82 Å². The number of amides is 2. The molecule has 2 aromatic carbocycles. The quantitative estimate of drug-likeness (QED) is 0.479. The van der Waals surface area contributed by atoms with Crippen LogP contribution >= 0.6 is 0 Å². The summed E-state index contributed by atoms with van der Waals surface area (Å²) in [5.74, 6) is -1.71. The van der Waals surface area contributed by atoms with Crippen molar-refractivity contribution in [3.8, 4) is 0 Å². The highest BCUT2D eigenvalue weighted by Crippen LogP contribution is 2.24. The number of benzene rings is 2. The van der Waals surface area contributed by atoms with Gasteiger partial charge in [-0.05, 0) is 37.5 Å². The molecule has 0 saturated heterocycles. The topological polar surface area (TPSA) is 90.0 Å². The summed E-state index contributed by atoms with van der Waals surface area (Å²) in [7, 11) is -1.59. The van der Waals surface area contributed by atoms with Crippen LogP contribution in [0.3, 0.4) is 0 Å². The first-order valence-electron chi connectivity index (χ1n) is 11.6.